The van der Waals surface area contributed by atoms with Gasteiger partial charge >= 0.3 is 12.3 Å². The van der Waals surface area contributed by atoms with Crippen LogP contribution in [0.5, 0.6) is 0 Å². The first-order valence-corrected chi connectivity index (χ1v) is 12.3. The fraction of sp³-hybridized carbons (Fsp3) is 0.480. The lowest BCUT2D eigenvalue weighted by molar-refractivity contribution is -0.137. The van der Waals surface area contributed by atoms with Crippen molar-refractivity contribution in [3.8, 4) is 0 Å². The molecule has 1 saturated carbocycles. The number of nitrogens with zero attached hydrogens (tertiary/aromatic N) is 1. The quantitative estimate of drug-likeness (QED) is 0.348. The molecular formula is C25H30F3N3O2S. The third-order valence-corrected chi connectivity index (χ3v) is 7.54. The van der Waals surface area contributed by atoms with E-state index in [0.29, 0.717) is 29.2 Å². The number of nitrogens with one attached hydrogen (secondary N) is 2. The molecule has 0 aromatic heterocycles. The minimum absolute atomic E-state index is 0.103. The molecule has 34 heavy (non-hydrogen) atoms. The highest BCUT2D eigenvalue weighted by atomic mass is 32.2. The van der Waals surface area contributed by atoms with Gasteiger partial charge in [0, 0.05) is 27.9 Å². The fourth-order valence-electron chi connectivity index (χ4n) is 4.97. The Morgan fingerprint density at radius 3 is 2.59 bits per heavy atom. The van der Waals surface area contributed by atoms with Crippen LogP contribution >= 0.6 is 11.8 Å². The monoisotopic (exact) mass is 493 g/mol. The summed E-state index contributed by atoms with van der Waals surface area (Å²) in [4.78, 5) is 14.9. The number of amides is 1. The topological polar surface area (TPSA) is 64.6 Å². The van der Waals surface area contributed by atoms with Crippen LogP contribution in [0.15, 0.2) is 46.2 Å². The molecule has 1 aliphatic heterocycles. The maximum absolute atomic E-state index is 13.6. The maximum atomic E-state index is 13.6. The molecule has 1 fully saturated rings. The molecule has 2 unspecified atom stereocenters. The number of benzene rings is 2. The number of fused-ring (bicyclic) bond motifs is 2. The second kappa shape index (κ2) is 9.24. The molecule has 4 rings (SSSR count). The second-order valence-electron chi connectivity index (χ2n) is 10.0. The Bertz CT molecular complexity index is 1070. The van der Waals surface area contributed by atoms with Crippen molar-refractivity contribution >= 4 is 34.9 Å². The van der Waals surface area contributed by atoms with E-state index < -0.39 is 23.4 Å². The fourth-order valence-corrected chi connectivity index (χ4v) is 6.03. The van der Waals surface area contributed by atoms with Crippen LogP contribution in [0.4, 0.5) is 35.0 Å². The van der Waals surface area contributed by atoms with Crippen LogP contribution in [-0.2, 0) is 6.18 Å². The Balaban J connectivity index is 1.55. The third kappa shape index (κ3) is 5.24. The Morgan fingerprint density at radius 1 is 1.18 bits per heavy atom. The SMILES string of the molecule is CC(C)(C)N(C(=O)O)C1CCCC(CNc2cc(C(F)(F)F)cc3c2Nc2ccccc2S3)C1. The van der Waals surface area contributed by atoms with Gasteiger partial charge in [-0.25, -0.2) is 4.79 Å². The molecule has 5 nitrogen and oxygen atoms in total. The molecule has 9 heteroatoms. The van der Waals surface area contributed by atoms with Crippen LogP contribution in [-0.4, -0.2) is 34.2 Å². The van der Waals surface area contributed by atoms with Crippen molar-refractivity contribution in [3.05, 3.63) is 42.0 Å². The zero-order valence-corrected chi connectivity index (χ0v) is 20.3. The summed E-state index contributed by atoms with van der Waals surface area (Å²) in [6.45, 7) is 6.15. The number of anilines is 3. The summed E-state index contributed by atoms with van der Waals surface area (Å²) < 4.78 is 40.9. The van der Waals surface area contributed by atoms with Crippen LogP contribution in [0.3, 0.4) is 0 Å². The van der Waals surface area contributed by atoms with Gasteiger partial charge in [-0.1, -0.05) is 30.3 Å². The molecule has 3 N–H and O–H groups in total. The molecule has 1 heterocycles. The summed E-state index contributed by atoms with van der Waals surface area (Å²) in [6.07, 6.45) is -2.10. The summed E-state index contributed by atoms with van der Waals surface area (Å²) >= 11 is 1.32. The van der Waals surface area contributed by atoms with E-state index in [1.54, 1.807) is 0 Å². The highest BCUT2D eigenvalue weighted by molar-refractivity contribution is 7.99. The van der Waals surface area contributed by atoms with Gasteiger partial charge in [-0.05, 0) is 70.2 Å². The minimum atomic E-state index is -4.45. The highest BCUT2D eigenvalue weighted by Crippen LogP contribution is 2.49. The average molecular weight is 494 g/mol. The van der Waals surface area contributed by atoms with Gasteiger partial charge in [0.1, 0.15) is 0 Å². The molecule has 184 valence electrons. The first-order chi connectivity index (χ1) is 15.9. The lowest BCUT2D eigenvalue weighted by Gasteiger charge is -2.43. The van der Waals surface area contributed by atoms with E-state index >= 15 is 0 Å². The van der Waals surface area contributed by atoms with Crippen molar-refractivity contribution in [2.75, 3.05) is 17.2 Å². The van der Waals surface area contributed by atoms with Crippen LogP contribution < -0.4 is 10.6 Å². The number of rotatable bonds is 4. The van der Waals surface area contributed by atoms with Crippen molar-refractivity contribution in [3.63, 3.8) is 0 Å². The molecule has 2 aromatic carbocycles. The average Bonchev–Trinajstić information content (AvgIpc) is 2.74. The third-order valence-electron chi connectivity index (χ3n) is 6.43. The van der Waals surface area contributed by atoms with Crippen LogP contribution in [0, 0.1) is 5.92 Å². The van der Waals surface area contributed by atoms with Crippen LogP contribution in [0.2, 0.25) is 0 Å². The number of halogens is 3. The molecule has 0 bridgehead atoms. The van der Waals surface area contributed by atoms with Crippen molar-refractivity contribution < 1.29 is 23.1 Å². The molecule has 2 aromatic rings. The summed E-state index contributed by atoms with van der Waals surface area (Å²) in [5.41, 5.74) is 0.725. The number of carbonyl (C=O) groups is 1. The number of hydrogen-bond acceptors (Lipinski definition) is 4. The van der Waals surface area contributed by atoms with Gasteiger partial charge in [0.05, 0.1) is 22.6 Å². The molecule has 2 aliphatic rings. The Labute approximate surface area is 202 Å². The molecule has 1 aliphatic carbocycles. The minimum Gasteiger partial charge on any atom is -0.465 e. The molecule has 1 amide bonds. The van der Waals surface area contributed by atoms with Gasteiger partial charge in [0.2, 0.25) is 0 Å². The number of para-hydroxylation sites is 1. The van der Waals surface area contributed by atoms with Gasteiger partial charge in [0.15, 0.2) is 0 Å². The molecular weight excluding hydrogens is 463 g/mol. The summed E-state index contributed by atoms with van der Waals surface area (Å²) in [6, 6.07) is 9.80. The lowest BCUT2D eigenvalue weighted by atomic mass is 9.83. The molecule has 0 saturated heterocycles. The van der Waals surface area contributed by atoms with Crippen LogP contribution in [0.25, 0.3) is 0 Å². The predicted octanol–water partition coefficient (Wildman–Crippen LogP) is 7.66. The standard InChI is InChI=1S/C25H30F3N3O2S/c1-24(2,3)31(23(32)33)17-8-6-7-15(11-17)14-29-19-12-16(25(26,27)28)13-21-22(19)30-18-9-4-5-10-20(18)34-21/h4-5,9-10,12-13,15,17,29-30H,6-8,11,14H2,1-3H3,(H,32,33). The second-order valence-corrected chi connectivity index (χ2v) is 11.1. The lowest BCUT2D eigenvalue weighted by Crippen LogP contribution is -2.52. The first-order valence-electron chi connectivity index (χ1n) is 11.5. The Kier molecular flexibility index (Phi) is 6.68. The van der Waals surface area contributed by atoms with Gasteiger partial charge in [-0.15, -0.1) is 0 Å². The zero-order chi connectivity index (χ0) is 24.7. The van der Waals surface area contributed by atoms with Gasteiger partial charge in [-0.3, -0.25) is 0 Å². The van der Waals surface area contributed by atoms with E-state index in [0.717, 1.165) is 29.8 Å². The predicted molar refractivity (Wildman–Crippen MR) is 129 cm³/mol. The van der Waals surface area contributed by atoms with E-state index in [1.165, 1.54) is 28.8 Å². The van der Waals surface area contributed by atoms with Crippen molar-refractivity contribution in [2.24, 2.45) is 5.92 Å². The Morgan fingerprint density at radius 2 is 1.91 bits per heavy atom. The summed E-state index contributed by atoms with van der Waals surface area (Å²) in [5.74, 6) is 0.164. The van der Waals surface area contributed by atoms with Crippen molar-refractivity contribution in [2.45, 2.75) is 74.0 Å². The van der Waals surface area contributed by atoms with Crippen LogP contribution in [0.1, 0.15) is 52.0 Å². The van der Waals surface area contributed by atoms with Gasteiger partial charge < -0.3 is 20.6 Å². The Hall–Kier alpha value is -2.55. The van der Waals surface area contributed by atoms with Crippen molar-refractivity contribution in [1.29, 1.82) is 0 Å². The molecule has 0 radical (unpaired) electrons. The first kappa shape index (κ1) is 24.6. The number of hydrogen-bond donors (Lipinski definition) is 3. The van der Waals surface area contributed by atoms with Gasteiger partial charge in [0.25, 0.3) is 0 Å². The van der Waals surface area contributed by atoms with E-state index in [4.69, 9.17) is 0 Å². The normalized spacial score (nSPS) is 20.1. The van der Waals surface area contributed by atoms with E-state index in [9.17, 15) is 23.1 Å². The van der Waals surface area contributed by atoms with E-state index in [-0.39, 0.29) is 12.0 Å². The molecule has 0 spiro atoms. The van der Waals surface area contributed by atoms with Gasteiger partial charge in [-0.2, -0.15) is 13.2 Å². The smallest absolute Gasteiger partial charge is 0.416 e. The van der Waals surface area contributed by atoms with E-state index in [2.05, 4.69) is 10.6 Å². The zero-order valence-electron chi connectivity index (χ0n) is 19.5. The van der Waals surface area contributed by atoms with E-state index in [1.807, 2.05) is 45.0 Å². The van der Waals surface area contributed by atoms with Crippen molar-refractivity contribution in [1.82, 2.24) is 4.90 Å². The molecule has 2 atom stereocenters. The highest BCUT2D eigenvalue weighted by Gasteiger charge is 2.37. The largest absolute Gasteiger partial charge is 0.465 e. The maximum Gasteiger partial charge on any atom is 0.416 e. The number of carboxylic acid groups (broad SMARTS) is 1. The number of alkyl halides is 3. The summed E-state index contributed by atoms with van der Waals surface area (Å²) in [5, 5.41) is 16.3. The summed E-state index contributed by atoms with van der Waals surface area (Å²) in [7, 11) is 0.